The normalized spacial score (nSPS) is 10.0. The third-order valence-electron chi connectivity index (χ3n) is 2.59. The highest BCUT2D eigenvalue weighted by molar-refractivity contribution is 6.34. The molecule has 7 heteroatoms. The van der Waals surface area contributed by atoms with Gasteiger partial charge in [0.1, 0.15) is 5.82 Å². The molecule has 0 spiro atoms. The number of carbonyl (C=O) groups excluding carboxylic acids is 2. The predicted molar refractivity (Wildman–Crippen MR) is 79.0 cm³/mol. The van der Waals surface area contributed by atoms with Gasteiger partial charge in [-0.2, -0.15) is 0 Å². The number of nitrogens with one attached hydrogen (secondary N) is 2. The number of urea groups is 1. The molecule has 0 atom stereocenters. The average Bonchev–Trinajstić information content (AvgIpc) is 2.40. The van der Waals surface area contributed by atoms with Gasteiger partial charge in [0.15, 0.2) is 0 Å². The molecule has 3 amide bonds. The van der Waals surface area contributed by atoms with Crippen molar-refractivity contribution >= 4 is 34.9 Å². The van der Waals surface area contributed by atoms with E-state index in [2.05, 4.69) is 10.6 Å². The standard InChI is InChI=1S/C14H11ClFN3O2/c15-12-7-8(16)1-6-11(12)13(20)18-9-2-4-10(5-3-9)19-14(17)21/h1-7H,(H,18,20)(H3,17,19,21). The summed E-state index contributed by atoms with van der Waals surface area (Å²) in [6.07, 6.45) is 0. The van der Waals surface area contributed by atoms with Crippen LogP contribution in [0.15, 0.2) is 42.5 Å². The molecule has 2 rings (SSSR count). The molecule has 2 aromatic carbocycles. The number of nitrogens with two attached hydrogens (primary N) is 1. The maximum absolute atomic E-state index is 12.9. The predicted octanol–water partition coefficient (Wildman–Crippen LogP) is 3.22. The minimum absolute atomic E-state index is 0.0273. The highest BCUT2D eigenvalue weighted by Gasteiger charge is 2.11. The van der Waals surface area contributed by atoms with E-state index in [0.29, 0.717) is 11.4 Å². The lowest BCUT2D eigenvalue weighted by molar-refractivity contribution is 0.102. The van der Waals surface area contributed by atoms with E-state index < -0.39 is 17.8 Å². The number of hydrogen-bond donors (Lipinski definition) is 3. The van der Waals surface area contributed by atoms with Gasteiger partial charge >= 0.3 is 6.03 Å². The van der Waals surface area contributed by atoms with E-state index in [1.54, 1.807) is 24.3 Å². The summed E-state index contributed by atoms with van der Waals surface area (Å²) >= 11 is 5.81. The van der Waals surface area contributed by atoms with Gasteiger partial charge in [0.25, 0.3) is 5.91 Å². The fraction of sp³-hybridized carbons (Fsp3) is 0. The average molecular weight is 308 g/mol. The van der Waals surface area contributed by atoms with Gasteiger partial charge in [0.05, 0.1) is 10.6 Å². The van der Waals surface area contributed by atoms with Crippen LogP contribution in [-0.4, -0.2) is 11.9 Å². The van der Waals surface area contributed by atoms with E-state index in [1.807, 2.05) is 0 Å². The Bertz CT molecular complexity index is 689. The Balaban J connectivity index is 2.10. The third kappa shape index (κ3) is 3.93. The van der Waals surface area contributed by atoms with Crippen LogP contribution in [0.5, 0.6) is 0 Å². The fourth-order valence-electron chi connectivity index (χ4n) is 1.65. The van der Waals surface area contributed by atoms with E-state index in [1.165, 1.54) is 6.07 Å². The molecule has 5 nitrogen and oxygen atoms in total. The Morgan fingerprint density at radius 2 is 1.57 bits per heavy atom. The van der Waals surface area contributed by atoms with Crippen molar-refractivity contribution in [2.75, 3.05) is 10.6 Å². The zero-order valence-electron chi connectivity index (χ0n) is 10.7. The lowest BCUT2D eigenvalue weighted by atomic mass is 10.2. The second kappa shape index (κ2) is 6.23. The summed E-state index contributed by atoms with van der Waals surface area (Å²) in [4.78, 5) is 22.7. The van der Waals surface area contributed by atoms with Gasteiger partial charge in [-0.25, -0.2) is 9.18 Å². The number of primary amides is 1. The van der Waals surface area contributed by atoms with Crippen LogP contribution in [0, 0.1) is 5.82 Å². The molecule has 0 saturated carbocycles. The van der Waals surface area contributed by atoms with Crippen LogP contribution in [0.2, 0.25) is 5.02 Å². The van der Waals surface area contributed by atoms with Gasteiger partial charge in [0.2, 0.25) is 0 Å². The Kier molecular flexibility index (Phi) is 4.39. The zero-order valence-corrected chi connectivity index (χ0v) is 11.4. The molecule has 21 heavy (non-hydrogen) atoms. The smallest absolute Gasteiger partial charge is 0.316 e. The molecule has 0 aliphatic rings. The van der Waals surface area contributed by atoms with Gasteiger partial charge in [-0.15, -0.1) is 0 Å². The van der Waals surface area contributed by atoms with E-state index >= 15 is 0 Å². The molecular formula is C14H11ClFN3O2. The summed E-state index contributed by atoms with van der Waals surface area (Å²) in [6, 6.07) is 9.16. The molecule has 0 aliphatic carbocycles. The van der Waals surface area contributed by atoms with Crippen LogP contribution in [-0.2, 0) is 0 Å². The van der Waals surface area contributed by atoms with Crippen molar-refractivity contribution in [1.82, 2.24) is 0 Å². The molecule has 0 unspecified atom stereocenters. The summed E-state index contributed by atoms with van der Waals surface area (Å²) in [6.45, 7) is 0. The topological polar surface area (TPSA) is 84.2 Å². The highest BCUT2D eigenvalue weighted by atomic mass is 35.5. The minimum Gasteiger partial charge on any atom is -0.351 e. The Hall–Kier alpha value is -2.60. The van der Waals surface area contributed by atoms with E-state index in [-0.39, 0.29) is 10.6 Å². The third-order valence-corrected chi connectivity index (χ3v) is 2.90. The lowest BCUT2D eigenvalue weighted by Crippen LogP contribution is -2.19. The highest BCUT2D eigenvalue weighted by Crippen LogP contribution is 2.20. The molecule has 0 aromatic heterocycles. The van der Waals surface area contributed by atoms with Crippen LogP contribution in [0.1, 0.15) is 10.4 Å². The molecular weight excluding hydrogens is 297 g/mol. The Morgan fingerprint density at radius 3 is 2.10 bits per heavy atom. The molecule has 0 aliphatic heterocycles. The van der Waals surface area contributed by atoms with Crippen molar-refractivity contribution in [3.05, 3.63) is 58.9 Å². The first kappa shape index (κ1) is 14.8. The van der Waals surface area contributed by atoms with Gasteiger partial charge in [-0.05, 0) is 42.5 Å². The first-order valence-electron chi connectivity index (χ1n) is 5.88. The Labute approximate surface area is 124 Å². The van der Waals surface area contributed by atoms with Crippen LogP contribution in [0.3, 0.4) is 0 Å². The van der Waals surface area contributed by atoms with Crippen molar-refractivity contribution in [1.29, 1.82) is 0 Å². The quantitative estimate of drug-likeness (QED) is 0.813. The number of halogens is 2. The van der Waals surface area contributed by atoms with Crippen molar-refractivity contribution in [2.24, 2.45) is 5.73 Å². The van der Waals surface area contributed by atoms with E-state index in [4.69, 9.17) is 17.3 Å². The van der Waals surface area contributed by atoms with Crippen molar-refractivity contribution in [2.45, 2.75) is 0 Å². The van der Waals surface area contributed by atoms with Crippen LogP contribution in [0.25, 0.3) is 0 Å². The molecule has 0 heterocycles. The number of benzene rings is 2. The van der Waals surface area contributed by atoms with Gasteiger partial charge < -0.3 is 16.4 Å². The van der Waals surface area contributed by atoms with Crippen molar-refractivity contribution in [3.63, 3.8) is 0 Å². The van der Waals surface area contributed by atoms with E-state index in [9.17, 15) is 14.0 Å². The van der Waals surface area contributed by atoms with Crippen molar-refractivity contribution in [3.8, 4) is 0 Å². The van der Waals surface area contributed by atoms with Gasteiger partial charge in [-0.3, -0.25) is 4.79 Å². The van der Waals surface area contributed by atoms with Crippen molar-refractivity contribution < 1.29 is 14.0 Å². The summed E-state index contributed by atoms with van der Waals surface area (Å²) in [7, 11) is 0. The minimum atomic E-state index is -0.676. The molecule has 0 fully saturated rings. The Morgan fingerprint density at radius 1 is 1.00 bits per heavy atom. The number of carbonyl (C=O) groups is 2. The first-order valence-corrected chi connectivity index (χ1v) is 6.26. The van der Waals surface area contributed by atoms with Crippen LogP contribution in [0.4, 0.5) is 20.6 Å². The second-order valence-corrected chi connectivity index (χ2v) is 4.55. The molecule has 2 aromatic rings. The molecule has 0 bridgehead atoms. The molecule has 108 valence electrons. The number of anilines is 2. The zero-order chi connectivity index (χ0) is 15.4. The summed E-state index contributed by atoms with van der Waals surface area (Å²) in [5.74, 6) is -0.978. The summed E-state index contributed by atoms with van der Waals surface area (Å²) in [5.41, 5.74) is 6.14. The fourth-order valence-corrected chi connectivity index (χ4v) is 1.90. The SMILES string of the molecule is NC(=O)Nc1ccc(NC(=O)c2ccc(F)cc2Cl)cc1. The summed E-state index contributed by atoms with van der Waals surface area (Å²) in [5, 5.41) is 5.03. The maximum Gasteiger partial charge on any atom is 0.316 e. The maximum atomic E-state index is 12.9. The molecule has 0 saturated heterocycles. The van der Waals surface area contributed by atoms with Crippen LogP contribution < -0.4 is 16.4 Å². The van der Waals surface area contributed by atoms with E-state index in [0.717, 1.165) is 12.1 Å². The first-order chi connectivity index (χ1) is 9.95. The van der Waals surface area contributed by atoms with Gasteiger partial charge in [-0.1, -0.05) is 11.6 Å². The molecule has 4 N–H and O–H groups in total. The second-order valence-electron chi connectivity index (χ2n) is 4.14. The molecule has 0 radical (unpaired) electrons. The lowest BCUT2D eigenvalue weighted by Gasteiger charge is -2.08. The largest absolute Gasteiger partial charge is 0.351 e. The summed E-state index contributed by atoms with van der Waals surface area (Å²) < 4.78 is 12.9. The van der Waals surface area contributed by atoms with Gasteiger partial charge in [0, 0.05) is 11.4 Å². The van der Waals surface area contributed by atoms with Crippen LogP contribution >= 0.6 is 11.6 Å². The number of rotatable bonds is 3. The number of hydrogen-bond acceptors (Lipinski definition) is 2. The number of amides is 3. The monoisotopic (exact) mass is 307 g/mol.